The number of imidazole rings is 1. The first-order chi connectivity index (χ1) is 16.8. The summed E-state index contributed by atoms with van der Waals surface area (Å²) in [6.07, 6.45) is 7.78. The van der Waals surface area contributed by atoms with Crippen LogP contribution in [0.15, 0.2) is 41.3 Å². The first-order valence-electron chi connectivity index (χ1n) is 12.5. The minimum atomic E-state index is -3.66. The number of anilines is 2. The van der Waals surface area contributed by atoms with Crippen LogP contribution in [0.3, 0.4) is 0 Å². The van der Waals surface area contributed by atoms with Gasteiger partial charge in [-0.15, -0.1) is 0 Å². The minimum Gasteiger partial charge on any atom is -0.371 e. The van der Waals surface area contributed by atoms with Gasteiger partial charge in [-0.1, -0.05) is 6.42 Å². The molecule has 2 aliphatic rings. The van der Waals surface area contributed by atoms with Gasteiger partial charge in [0.25, 0.3) is 5.91 Å². The molecule has 35 heavy (non-hydrogen) atoms. The minimum absolute atomic E-state index is 0.113. The Morgan fingerprint density at radius 2 is 1.69 bits per heavy atom. The van der Waals surface area contributed by atoms with Crippen molar-refractivity contribution < 1.29 is 13.2 Å². The van der Waals surface area contributed by atoms with Crippen LogP contribution in [-0.2, 0) is 23.0 Å². The van der Waals surface area contributed by atoms with Crippen LogP contribution in [0.1, 0.15) is 54.7 Å². The number of carbonyl (C=O) groups excluding carboxylic acids is 1. The normalized spacial score (nSPS) is 16.8. The predicted octanol–water partition coefficient (Wildman–Crippen LogP) is 4.26. The van der Waals surface area contributed by atoms with Gasteiger partial charge in [0.2, 0.25) is 10.0 Å². The Bertz CT molecular complexity index is 1360. The highest BCUT2D eigenvalue weighted by Crippen LogP contribution is 2.30. The average molecular weight is 496 g/mol. The molecule has 3 heterocycles. The molecule has 1 fully saturated rings. The van der Waals surface area contributed by atoms with Crippen molar-refractivity contribution in [2.75, 3.05) is 37.4 Å². The van der Waals surface area contributed by atoms with Gasteiger partial charge in [0.05, 0.1) is 21.5 Å². The van der Waals surface area contributed by atoms with E-state index < -0.39 is 10.0 Å². The molecule has 2 aromatic carbocycles. The number of amides is 1. The van der Waals surface area contributed by atoms with Crippen LogP contribution < -0.4 is 10.2 Å². The molecule has 0 aliphatic carbocycles. The van der Waals surface area contributed by atoms with Crippen LogP contribution >= 0.6 is 0 Å². The Labute approximate surface area is 207 Å². The molecule has 0 saturated carbocycles. The van der Waals surface area contributed by atoms with Crippen molar-refractivity contribution in [2.24, 2.45) is 0 Å². The Morgan fingerprint density at radius 3 is 2.46 bits per heavy atom. The number of rotatable bonds is 5. The van der Waals surface area contributed by atoms with Crippen molar-refractivity contribution in [1.29, 1.82) is 0 Å². The van der Waals surface area contributed by atoms with Crippen LogP contribution in [0, 0.1) is 0 Å². The molecule has 1 saturated heterocycles. The van der Waals surface area contributed by atoms with Gasteiger partial charge in [-0.3, -0.25) is 4.79 Å². The first-order valence-corrected chi connectivity index (χ1v) is 13.9. The molecule has 0 atom stereocenters. The Morgan fingerprint density at radius 1 is 0.943 bits per heavy atom. The molecular weight excluding hydrogens is 462 g/mol. The van der Waals surface area contributed by atoms with E-state index in [4.69, 9.17) is 4.98 Å². The lowest BCUT2D eigenvalue weighted by atomic mass is 10.1. The largest absolute Gasteiger partial charge is 0.371 e. The molecule has 1 aromatic heterocycles. The second-order valence-electron chi connectivity index (χ2n) is 9.66. The molecule has 1 N–H and O–H groups in total. The first kappa shape index (κ1) is 23.8. The van der Waals surface area contributed by atoms with Gasteiger partial charge in [0.15, 0.2) is 0 Å². The van der Waals surface area contributed by atoms with Crippen LogP contribution in [0.5, 0.6) is 0 Å². The Kier molecular flexibility index (Phi) is 6.55. The van der Waals surface area contributed by atoms with E-state index in [0.29, 0.717) is 11.3 Å². The van der Waals surface area contributed by atoms with Crippen molar-refractivity contribution in [3.8, 4) is 0 Å². The van der Waals surface area contributed by atoms with E-state index in [9.17, 15) is 13.2 Å². The van der Waals surface area contributed by atoms with Crippen molar-refractivity contribution in [3.63, 3.8) is 0 Å². The smallest absolute Gasteiger partial charge is 0.257 e. The fourth-order valence-corrected chi connectivity index (χ4v) is 6.03. The fraction of sp³-hybridized carbons (Fsp3) is 0.462. The van der Waals surface area contributed by atoms with Gasteiger partial charge in [0.1, 0.15) is 5.82 Å². The summed E-state index contributed by atoms with van der Waals surface area (Å²) < 4.78 is 29.0. The number of nitrogens with zero attached hydrogens (tertiary/aromatic N) is 4. The molecule has 0 radical (unpaired) electrons. The summed E-state index contributed by atoms with van der Waals surface area (Å²) in [5.41, 5.74) is 3.76. The summed E-state index contributed by atoms with van der Waals surface area (Å²) in [5, 5.41) is 3.01. The number of aromatic nitrogens is 2. The van der Waals surface area contributed by atoms with Crippen molar-refractivity contribution in [2.45, 2.75) is 56.4 Å². The number of fused-ring (bicyclic) bond motifs is 3. The van der Waals surface area contributed by atoms with Gasteiger partial charge in [-0.05, 0) is 68.5 Å². The molecule has 0 spiro atoms. The number of sulfonamides is 1. The van der Waals surface area contributed by atoms with Gasteiger partial charge in [0, 0.05) is 51.5 Å². The zero-order valence-corrected chi connectivity index (χ0v) is 21.3. The van der Waals surface area contributed by atoms with Crippen LogP contribution in [0.25, 0.3) is 11.0 Å². The Hall–Kier alpha value is -2.91. The summed E-state index contributed by atoms with van der Waals surface area (Å²) in [5.74, 6) is 0.788. The van der Waals surface area contributed by atoms with Gasteiger partial charge < -0.3 is 14.8 Å². The zero-order valence-electron chi connectivity index (χ0n) is 20.5. The molecule has 1 amide bonds. The van der Waals surface area contributed by atoms with E-state index in [1.54, 1.807) is 12.1 Å². The maximum atomic E-state index is 13.5. The maximum absolute atomic E-state index is 13.5. The lowest BCUT2D eigenvalue weighted by Crippen LogP contribution is -2.32. The summed E-state index contributed by atoms with van der Waals surface area (Å²) in [4.78, 5) is 20.7. The van der Waals surface area contributed by atoms with Gasteiger partial charge in [-0.2, -0.15) is 0 Å². The highest BCUT2D eigenvalue weighted by atomic mass is 32.2. The summed E-state index contributed by atoms with van der Waals surface area (Å²) in [6.45, 7) is 2.68. The quantitative estimate of drug-likeness (QED) is 0.572. The highest BCUT2D eigenvalue weighted by molar-refractivity contribution is 7.89. The van der Waals surface area contributed by atoms with Crippen molar-refractivity contribution in [3.05, 3.63) is 47.8 Å². The Balaban J connectivity index is 1.49. The molecule has 3 aromatic rings. The molecule has 186 valence electrons. The molecule has 0 unspecified atom stereocenters. The lowest BCUT2D eigenvalue weighted by molar-refractivity contribution is 0.102. The van der Waals surface area contributed by atoms with E-state index in [-0.39, 0.29) is 10.8 Å². The summed E-state index contributed by atoms with van der Waals surface area (Å²) >= 11 is 0. The van der Waals surface area contributed by atoms with Crippen molar-refractivity contribution >= 4 is 38.3 Å². The zero-order chi connectivity index (χ0) is 24.6. The lowest BCUT2D eigenvalue weighted by Gasteiger charge is -2.30. The summed E-state index contributed by atoms with van der Waals surface area (Å²) in [6, 6.07) is 10.7. The third-order valence-corrected chi connectivity index (χ3v) is 8.87. The molecule has 9 heteroatoms. The second kappa shape index (κ2) is 9.62. The number of carbonyl (C=O) groups is 1. The number of hydrogen-bond acceptors (Lipinski definition) is 5. The predicted molar refractivity (Wildman–Crippen MR) is 139 cm³/mol. The fourth-order valence-electron chi connectivity index (χ4n) is 5.10. The average Bonchev–Trinajstić information content (AvgIpc) is 3.03. The van der Waals surface area contributed by atoms with Crippen LogP contribution in [0.4, 0.5) is 11.4 Å². The number of hydrogen-bond donors (Lipinski definition) is 1. The molecular formula is C26H33N5O3S. The molecule has 0 bridgehead atoms. The second-order valence-corrected chi connectivity index (χ2v) is 11.8. The number of aryl methyl sites for hydroxylation is 2. The topological polar surface area (TPSA) is 87.5 Å². The van der Waals surface area contributed by atoms with Gasteiger partial charge in [-0.25, -0.2) is 17.7 Å². The van der Waals surface area contributed by atoms with E-state index in [1.807, 2.05) is 18.2 Å². The molecule has 8 nitrogen and oxygen atoms in total. The maximum Gasteiger partial charge on any atom is 0.257 e. The number of benzene rings is 2. The monoisotopic (exact) mass is 495 g/mol. The molecule has 2 aliphatic heterocycles. The third-order valence-electron chi connectivity index (χ3n) is 7.06. The highest BCUT2D eigenvalue weighted by Gasteiger charge is 2.24. The summed E-state index contributed by atoms with van der Waals surface area (Å²) in [7, 11) is -0.674. The number of nitrogens with one attached hydrogen (secondary N) is 1. The van der Waals surface area contributed by atoms with Crippen LogP contribution in [0.2, 0.25) is 0 Å². The van der Waals surface area contributed by atoms with E-state index >= 15 is 0 Å². The number of piperidine rings is 1. The van der Waals surface area contributed by atoms with E-state index in [0.717, 1.165) is 74.3 Å². The third kappa shape index (κ3) is 4.67. The standard InChI is InChI=1S/C26H33N5O3S/c1-29(2)35(33,34)20-11-13-23(30-14-6-4-7-15-30)21(18-20)26(32)27-19-10-12-24-22(17-19)28-25-9-5-3-8-16-31(24)25/h10-13,17-18H,3-9,14-16H2,1-2H3,(H,27,32). The van der Waals surface area contributed by atoms with E-state index in [1.165, 1.54) is 37.3 Å². The van der Waals surface area contributed by atoms with Crippen molar-refractivity contribution in [1.82, 2.24) is 13.9 Å². The van der Waals surface area contributed by atoms with Gasteiger partial charge >= 0.3 is 0 Å². The molecule has 5 rings (SSSR count). The van der Waals surface area contributed by atoms with E-state index in [2.05, 4.69) is 14.8 Å². The SMILES string of the molecule is CN(C)S(=O)(=O)c1ccc(N2CCCCC2)c(C(=O)Nc2ccc3c(c2)nc2n3CCCCC2)c1. The van der Waals surface area contributed by atoms with Crippen LogP contribution in [-0.4, -0.2) is 55.4 Å².